The SMILES string of the molecule is COc1cccc(C(C(=N)C=N)N2CCN(c3ccccc3)CC2)c1OC. The fourth-order valence-electron chi connectivity index (χ4n) is 3.64. The van der Waals surface area contributed by atoms with Crippen molar-refractivity contribution in [1.82, 2.24) is 4.90 Å². The van der Waals surface area contributed by atoms with Crippen LogP contribution in [0.25, 0.3) is 0 Å². The van der Waals surface area contributed by atoms with E-state index in [1.54, 1.807) is 14.2 Å². The number of benzene rings is 2. The van der Waals surface area contributed by atoms with Crippen molar-refractivity contribution in [2.45, 2.75) is 6.04 Å². The van der Waals surface area contributed by atoms with Gasteiger partial charge < -0.3 is 25.2 Å². The number of anilines is 1. The molecule has 1 aliphatic heterocycles. The first-order chi connectivity index (χ1) is 13.2. The van der Waals surface area contributed by atoms with Crippen LogP contribution in [0.15, 0.2) is 48.5 Å². The highest BCUT2D eigenvalue weighted by molar-refractivity contribution is 6.30. The summed E-state index contributed by atoms with van der Waals surface area (Å²) in [5.74, 6) is 1.27. The number of nitrogens with one attached hydrogen (secondary N) is 2. The molecule has 1 heterocycles. The molecule has 2 aromatic carbocycles. The third-order valence-corrected chi connectivity index (χ3v) is 4.98. The Morgan fingerprint density at radius 2 is 1.67 bits per heavy atom. The van der Waals surface area contributed by atoms with E-state index < -0.39 is 0 Å². The van der Waals surface area contributed by atoms with Crippen molar-refractivity contribution in [1.29, 1.82) is 10.8 Å². The lowest BCUT2D eigenvalue weighted by Gasteiger charge is -2.40. The van der Waals surface area contributed by atoms with Gasteiger partial charge in [-0.25, -0.2) is 0 Å². The molecule has 0 saturated carbocycles. The van der Waals surface area contributed by atoms with Crippen molar-refractivity contribution in [3.8, 4) is 11.5 Å². The van der Waals surface area contributed by atoms with Gasteiger partial charge in [0.25, 0.3) is 0 Å². The van der Waals surface area contributed by atoms with E-state index in [0.29, 0.717) is 11.5 Å². The molecule has 0 bridgehead atoms. The molecule has 2 aromatic rings. The van der Waals surface area contributed by atoms with Gasteiger partial charge in [-0.15, -0.1) is 0 Å². The number of methoxy groups -OCH3 is 2. The minimum absolute atomic E-state index is 0.245. The van der Waals surface area contributed by atoms with Gasteiger partial charge in [0, 0.05) is 43.6 Å². The molecule has 27 heavy (non-hydrogen) atoms. The molecule has 2 N–H and O–H groups in total. The van der Waals surface area contributed by atoms with Gasteiger partial charge in [0.15, 0.2) is 11.5 Å². The number of hydrogen-bond donors (Lipinski definition) is 2. The Morgan fingerprint density at radius 1 is 0.963 bits per heavy atom. The maximum atomic E-state index is 8.39. The molecule has 1 unspecified atom stereocenters. The molecule has 1 saturated heterocycles. The van der Waals surface area contributed by atoms with Crippen LogP contribution in [-0.4, -0.2) is 57.2 Å². The summed E-state index contributed by atoms with van der Waals surface area (Å²) in [5.41, 5.74) is 2.32. The molecular formula is C21H26N4O2. The van der Waals surface area contributed by atoms with Crippen LogP contribution >= 0.6 is 0 Å². The molecular weight excluding hydrogens is 340 g/mol. The number of rotatable bonds is 7. The lowest BCUT2D eigenvalue weighted by Crippen LogP contribution is -2.49. The van der Waals surface area contributed by atoms with Gasteiger partial charge in [-0.05, 0) is 18.2 Å². The lowest BCUT2D eigenvalue weighted by molar-refractivity contribution is 0.225. The molecule has 1 fully saturated rings. The predicted molar refractivity (Wildman–Crippen MR) is 109 cm³/mol. The summed E-state index contributed by atoms with van der Waals surface area (Å²) in [7, 11) is 3.22. The minimum Gasteiger partial charge on any atom is -0.493 e. The van der Waals surface area contributed by atoms with Crippen LogP contribution in [0.5, 0.6) is 11.5 Å². The monoisotopic (exact) mass is 366 g/mol. The Balaban J connectivity index is 1.85. The average Bonchev–Trinajstić information content (AvgIpc) is 2.74. The van der Waals surface area contributed by atoms with Gasteiger partial charge in [0.2, 0.25) is 0 Å². The number of hydrogen-bond acceptors (Lipinski definition) is 6. The van der Waals surface area contributed by atoms with Gasteiger partial charge in [-0.1, -0.05) is 30.3 Å². The van der Waals surface area contributed by atoms with E-state index >= 15 is 0 Å². The average molecular weight is 366 g/mol. The summed E-state index contributed by atoms with van der Waals surface area (Å²) < 4.78 is 11.0. The Hall–Kier alpha value is -2.86. The summed E-state index contributed by atoms with van der Waals surface area (Å²) in [4.78, 5) is 4.59. The smallest absolute Gasteiger partial charge is 0.165 e. The molecule has 0 amide bonds. The summed E-state index contributed by atoms with van der Waals surface area (Å²) in [6.45, 7) is 3.35. The molecule has 1 atom stereocenters. The normalized spacial score (nSPS) is 15.9. The molecule has 1 aliphatic rings. The zero-order valence-corrected chi connectivity index (χ0v) is 15.8. The number of piperazine rings is 1. The van der Waals surface area contributed by atoms with E-state index in [-0.39, 0.29) is 11.8 Å². The number of nitrogens with zero attached hydrogens (tertiary/aromatic N) is 2. The quantitative estimate of drug-likeness (QED) is 0.738. The molecule has 0 radical (unpaired) electrons. The maximum Gasteiger partial charge on any atom is 0.165 e. The largest absolute Gasteiger partial charge is 0.493 e. The molecule has 0 aliphatic carbocycles. The van der Waals surface area contributed by atoms with E-state index in [4.69, 9.17) is 20.3 Å². The first-order valence-electron chi connectivity index (χ1n) is 9.03. The summed E-state index contributed by atoms with van der Waals surface area (Å²) in [6.07, 6.45) is 1.12. The van der Waals surface area contributed by atoms with Crippen LogP contribution in [0.1, 0.15) is 11.6 Å². The fraction of sp³-hybridized carbons (Fsp3) is 0.333. The zero-order chi connectivity index (χ0) is 19.2. The number of para-hydroxylation sites is 2. The second kappa shape index (κ2) is 8.68. The van der Waals surface area contributed by atoms with Crippen molar-refractivity contribution < 1.29 is 9.47 Å². The lowest BCUT2D eigenvalue weighted by atomic mass is 9.98. The van der Waals surface area contributed by atoms with Crippen molar-refractivity contribution in [3.05, 3.63) is 54.1 Å². The highest BCUT2D eigenvalue weighted by atomic mass is 16.5. The Kier molecular flexibility index (Phi) is 6.08. The summed E-state index contributed by atoms with van der Waals surface area (Å²) in [5, 5.41) is 16.0. The molecule has 3 rings (SSSR count). The highest BCUT2D eigenvalue weighted by Gasteiger charge is 2.30. The van der Waals surface area contributed by atoms with Crippen molar-refractivity contribution in [3.63, 3.8) is 0 Å². The fourth-order valence-corrected chi connectivity index (χ4v) is 3.64. The molecule has 6 nitrogen and oxygen atoms in total. The molecule has 142 valence electrons. The first kappa shape index (κ1) is 18.9. The van der Waals surface area contributed by atoms with E-state index in [1.165, 1.54) is 5.69 Å². The standard InChI is InChI=1S/C21H26N4O2/c1-26-19-10-6-9-17(21(19)27-2)20(18(23)15-22)25-13-11-24(12-14-25)16-7-4-3-5-8-16/h3-10,15,20,22-23H,11-14H2,1-2H3. The van der Waals surface area contributed by atoms with Gasteiger partial charge >= 0.3 is 0 Å². The van der Waals surface area contributed by atoms with E-state index in [2.05, 4.69) is 34.1 Å². The highest BCUT2D eigenvalue weighted by Crippen LogP contribution is 2.37. The molecule has 6 heteroatoms. The predicted octanol–water partition coefficient (Wildman–Crippen LogP) is 3.24. The maximum absolute atomic E-state index is 8.39. The third-order valence-electron chi connectivity index (χ3n) is 4.98. The van der Waals surface area contributed by atoms with E-state index in [0.717, 1.165) is 38.0 Å². The van der Waals surface area contributed by atoms with Gasteiger partial charge in [-0.2, -0.15) is 0 Å². The van der Waals surface area contributed by atoms with Gasteiger partial charge in [0.1, 0.15) is 0 Å². The second-order valence-corrected chi connectivity index (χ2v) is 6.44. The summed E-state index contributed by atoms with van der Waals surface area (Å²) in [6, 6.07) is 15.7. The zero-order valence-electron chi connectivity index (χ0n) is 15.8. The van der Waals surface area contributed by atoms with Gasteiger partial charge in [0.05, 0.1) is 26.0 Å². The number of ether oxygens (including phenoxy) is 2. The third kappa shape index (κ3) is 3.95. The Labute approximate surface area is 160 Å². The Bertz CT molecular complexity index is 786. The van der Waals surface area contributed by atoms with Crippen LogP contribution in [0, 0.1) is 10.8 Å². The van der Waals surface area contributed by atoms with Crippen molar-refractivity contribution in [2.75, 3.05) is 45.3 Å². The van der Waals surface area contributed by atoms with E-state index in [1.807, 2.05) is 24.3 Å². The first-order valence-corrected chi connectivity index (χ1v) is 9.03. The van der Waals surface area contributed by atoms with Crippen LogP contribution in [0.3, 0.4) is 0 Å². The van der Waals surface area contributed by atoms with Crippen LogP contribution in [-0.2, 0) is 0 Å². The van der Waals surface area contributed by atoms with Gasteiger partial charge in [-0.3, -0.25) is 4.90 Å². The van der Waals surface area contributed by atoms with E-state index in [9.17, 15) is 0 Å². The summed E-state index contributed by atoms with van der Waals surface area (Å²) >= 11 is 0. The van der Waals surface area contributed by atoms with Crippen molar-refractivity contribution >= 4 is 17.6 Å². The van der Waals surface area contributed by atoms with Crippen LogP contribution in [0.2, 0.25) is 0 Å². The van der Waals surface area contributed by atoms with Crippen LogP contribution < -0.4 is 14.4 Å². The van der Waals surface area contributed by atoms with Crippen molar-refractivity contribution in [2.24, 2.45) is 0 Å². The minimum atomic E-state index is -0.328. The second-order valence-electron chi connectivity index (χ2n) is 6.44. The topological polar surface area (TPSA) is 72.6 Å². The van der Waals surface area contributed by atoms with Crippen LogP contribution in [0.4, 0.5) is 5.69 Å². The molecule has 0 aromatic heterocycles. The Morgan fingerprint density at radius 3 is 2.26 bits per heavy atom. The molecule has 0 spiro atoms.